The maximum atomic E-state index is 11.5. The minimum absolute atomic E-state index is 0.0898. The first kappa shape index (κ1) is 23.0. The maximum Gasteiger partial charge on any atom is 0.333 e. The Morgan fingerprint density at radius 1 is 1.19 bits per heavy atom. The summed E-state index contributed by atoms with van der Waals surface area (Å²) in [5, 5.41) is 9.39. The molecule has 7 heteroatoms. The normalized spacial score (nSPS) is 13.2. The Labute approximate surface area is 186 Å². The van der Waals surface area contributed by atoms with Crippen molar-refractivity contribution < 1.29 is 23.8 Å². The molecule has 6 nitrogen and oxygen atoms in total. The average molecular weight is 444 g/mol. The van der Waals surface area contributed by atoms with Crippen LogP contribution in [0.5, 0.6) is 5.75 Å². The molecule has 3 aromatic rings. The van der Waals surface area contributed by atoms with Crippen LogP contribution in [0.25, 0.3) is 10.8 Å². The Morgan fingerprint density at radius 3 is 2.55 bits per heavy atom. The van der Waals surface area contributed by atoms with Crippen LogP contribution in [0.4, 0.5) is 0 Å². The fourth-order valence-corrected chi connectivity index (χ4v) is 3.88. The fraction of sp³-hybridized carbons (Fsp3) is 0.417. The summed E-state index contributed by atoms with van der Waals surface area (Å²) in [6.45, 7) is 8.31. The zero-order valence-electron chi connectivity index (χ0n) is 18.4. The maximum absolute atomic E-state index is 11.5. The first-order valence-electron chi connectivity index (χ1n) is 10.5. The number of hydrogen-bond donors (Lipinski definition) is 1. The summed E-state index contributed by atoms with van der Waals surface area (Å²) in [4.78, 5) is 18.3. The molecule has 0 aliphatic carbocycles. The number of carboxylic acid groups (broad SMARTS) is 1. The van der Waals surface area contributed by atoms with Gasteiger partial charge in [0.05, 0.1) is 23.3 Å². The van der Waals surface area contributed by atoms with Gasteiger partial charge in [0.15, 0.2) is 6.10 Å². The minimum Gasteiger partial charge on any atom is -0.493 e. The van der Waals surface area contributed by atoms with Crippen molar-refractivity contribution in [1.29, 1.82) is 0 Å². The zero-order chi connectivity index (χ0) is 22.4. The largest absolute Gasteiger partial charge is 0.493 e. The number of rotatable bonds is 11. The molecule has 166 valence electrons. The molecule has 2 aromatic heterocycles. The van der Waals surface area contributed by atoms with Crippen LogP contribution in [0, 0.1) is 13.8 Å². The topological polar surface area (TPSA) is 81.8 Å². The standard InChI is InChI=1S/C24H29NO5S/c1-5-15(2)29-21(24(26)27)14-18-7-9-19(10-8-18)28-13-12-20-17(4)30-23(25-20)22-11-6-16(3)31-22/h6-11,15,21H,5,12-14H2,1-4H3,(H,26,27). The van der Waals surface area contributed by atoms with Gasteiger partial charge < -0.3 is 19.0 Å². The molecule has 1 aromatic carbocycles. The molecule has 0 fully saturated rings. The summed E-state index contributed by atoms with van der Waals surface area (Å²) in [5.74, 6) is 1.25. The van der Waals surface area contributed by atoms with E-state index in [0.29, 0.717) is 25.3 Å². The minimum atomic E-state index is -0.944. The van der Waals surface area contributed by atoms with Crippen molar-refractivity contribution >= 4 is 17.3 Å². The van der Waals surface area contributed by atoms with Crippen molar-refractivity contribution in [1.82, 2.24) is 4.98 Å². The van der Waals surface area contributed by atoms with Gasteiger partial charge in [0.2, 0.25) is 5.89 Å². The number of aliphatic carboxylic acids is 1. The molecule has 3 rings (SSSR count). The second-order valence-corrected chi connectivity index (χ2v) is 8.85. The van der Waals surface area contributed by atoms with Gasteiger partial charge in [0.25, 0.3) is 0 Å². The van der Waals surface area contributed by atoms with Crippen LogP contribution < -0.4 is 4.74 Å². The van der Waals surface area contributed by atoms with E-state index >= 15 is 0 Å². The van der Waals surface area contributed by atoms with E-state index < -0.39 is 12.1 Å². The number of nitrogens with zero attached hydrogens (tertiary/aromatic N) is 1. The Morgan fingerprint density at radius 2 is 1.94 bits per heavy atom. The van der Waals surface area contributed by atoms with Crippen molar-refractivity contribution in [2.45, 2.75) is 59.2 Å². The molecule has 0 saturated carbocycles. The number of thiophene rings is 1. The highest BCUT2D eigenvalue weighted by atomic mass is 32.1. The van der Waals surface area contributed by atoms with E-state index in [1.54, 1.807) is 11.3 Å². The lowest BCUT2D eigenvalue weighted by molar-refractivity contribution is -0.153. The molecule has 0 bridgehead atoms. The zero-order valence-corrected chi connectivity index (χ0v) is 19.2. The van der Waals surface area contributed by atoms with Gasteiger partial charge >= 0.3 is 5.97 Å². The molecule has 31 heavy (non-hydrogen) atoms. The number of benzene rings is 1. The highest BCUT2D eigenvalue weighted by Crippen LogP contribution is 2.28. The van der Waals surface area contributed by atoms with Crippen LogP contribution in [0.1, 0.15) is 42.2 Å². The quantitative estimate of drug-likeness (QED) is 0.424. The number of aryl methyl sites for hydroxylation is 2. The van der Waals surface area contributed by atoms with Gasteiger partial charge in [0.1, 0.15) is 11.5 Å². The van der Waals surface area contributed by atoms with Crippen molar-refractivity contribution in [3.8, 4) is 16.5 Å². The Balaban J connectivity index is 1.52. The SMILES string of the molecule is CCC(C)OC(Cc1ccc(OCCc2nc(-c3ccc(C)s3)oc2C)cc1)C(=O)O. The number of carboxylic acids is 1. The summed E-state index contributed by atoms with van der Waals surface area (Å²) >= 11 is 1.66. The number of ether oxygens (including phenoxy) is 2. The lowest BCUT2D eigenvalue weighted by Crippen LogP contribution is -2.30. The molecule has 0 radical (unpaired) electrons. The first-order valence-corrected chi connectivity index (χ1v) is 11.3. The van der Waals surface area contributed by atoms with Crippen LogP contribution in [0.15, 0.2) is 40.8 Å². The molecular weight excluding hydrogens is 414 g/mol. The molecular formula is C24H29NO5S. The van der Waals surface area contributed by atoms with Crippen LogP contribution in [0.2, 0.25) is 0 Å². The van der Waals surface area contributed by atoms with Crippen LogP contribution in [0.3, 0.4) is 0 Å². The fourth-order valence-electron chi connectivity index (χ4n) is 3.09. The van der Waals surface area contributed by atoms with Crippen molar-refractivity contribution in [2.75, 3.05) is 6.61 Å². The lowest BCUT2D eigenvalue weighted by atomic mass is 10.1. The molecule has 0 saturated heterocycles. The summed E-state index contributed by atoms with van der Waals surface area (Å²) < 4.78 is 17.3. The molecule has 2 unspecified atom stereocenters. The summed E-state index contributed by atoms with van der Waals surface area (Å²) in [6, 6.07) is 11.5. The van der Waals surface area contributed by atoms with Gasteiger partial charge in [-0.3, -0.25) is 0 Å². The molecule has 0 aliphatic heterocycles. The van der Waals surface area contributed by atoms with Crippen molar-refractivity contribution in [2.24, 2.45) is 0 Å². The predicted molar refractivity (Wildman–Crippen MR) is 121 cm³/mol. The van der Waals surface area contributed by atoms with E-state index in [2.05, 4.69) is 18.0 Å². The summed E-state index contributed by atoms with van der Waals surface area (Å²) in [5.41, 5.74) is 1.79. The van der Waals surface area contributed by atoms with E-state index in [4.69, 9.17) is 13.9 Å². The van der Waals surface area contributed by atoms with Crippen molar-refractivity contribution in [3.63, 3.8) is 0 Å². The van der Waals surface area contributed by atoms with Gasteiger partial charge in [-0.15, -0.1) is 11.3 Å². The van der Waals surface area contributed by atoms with Gasteiger partial charge in [-0.05, 0) is 57.0 Å². The van der Waals surface area contributed by atoms with Gasteiger partial charge in [-0.25, -0.2) is 9.78 Å². The Hall–Kier alpha value is -2.64. The molecule has 2 heterocycles. The third kappa shape index (κ3) is 6.42. The number of aromatic nitrogens is 1. The van der Waals surface area contributed by atoms with Crippen LogP contribution >= 0.6 is 11.3 Å². The van der Waals surface area contributed by atoms with E-state index in [-0.39, 0.29) is 6.10 Å². The van der Waals surface area contributed by atoms with Crippen molar-refractivity contribution in [3.05, 3.63) is 58.3 Å². The predicted octanol–water partition coefficient (Wildman–Crippen LogP) is 5.45. The van der Waals surface area contributed by atoms with Gasteiger partial charge in [-0.2, -0.15) is 0 Å². The smallest absolute Gasteiger partial charge is 0.333 e. The second-order valence-electron chi connectivity index (χ2n) is 7.56. The number of hydrogen-bond acceptors (Lipinski definition) is 6. The number of oxazole rings is 1. The molecule has 1 N–H and O–H groups in total. The first-order chi connectivity index (χ1) is 14.9. The summed E-state index contributed by atoms with van der Waals surface area (Å²) in [7, 11) is 0. The Bertz CT molecular complexity index is 992. The highest BCUT2D eigenvalue weighted by Gasteiger charge is 2.21. The average Bonchev–Trinajstić information content (AvgIpc) is 3.34. The van der Waals surface area contributed by atoms with Crippen LogP contribution in [-0.2, 0) is 22.4 Å². The van der Waals surface area contributed by atoms with Gasteiger partial charge in [-0.1, -0.05) is 19.1 Å². The third-order valence-corrected chi connectivity index (χ3v) is 6.03. The molecule has 0 spiro atoms. The number of carbonyl (C=O) groups is 1. The molecule has 0 amide bonds. The van der Waals surface area contributed by atoms with E-state index in [9.17, 15) is 9.90 Å². The second kappa shape index (κ2) is 10.6. The summed E-state index contributed by atoms with van der Waals surface area (Å²) in [6.07, 6.45) is 0.802. The Kier molecular flexibility index (Phi) is 7.87. The molecule has 2 atom stereocenters. The molecule has 0 aliphatic rings. The van der Waals surface area contributed by atoms with E-state index in [1.807, 2.05) is 51.1 Å². The van der Waals surface area contributed by atoms with E-state index in [0.717, 1.165) is 34.1 Å². The van der Waals surface area contributed by atoms with E-state index in [1.165, 1.54) is 4.88 Å². The van der Waals surface area contributed by atoms with Crippen LogP contribution in [-0.4, -0.2) is 34.9 Å². The highest BCUT2D eigenvalue weighted by molar-refractivity contribution is 7.15. The monoisotopic (exact) mass is 443 g/mol. The third-order valence-electron chi connectivity index (χ3n) is 5.04. The van der Waals surface area contributed by atoms with Gasteiger partial charge in [0, 0.05) is 17.7 Å². The lowest BCUT2D eigenvalue weighted by Gasteiger charge is -2.18.